The van der Waals surface area contributed by atoms with Crippen molar-refractivity contribution < 1.29 is 0 Å². The highest BCUT2D eigenvalue weighted by molar-refractivity contribution is 8.01. The molecule has 2 aromatic carbocycles. The van der Waals surface area contributed by atoms with Crippen molar-refractivity contribution in [3.8, 4) is 11.3 Å². The van der Waals surface area contributed by atoms with Gasteiger partial charge in [0, 0.05) is 16.7 Å². The lowest BCUT2D eigenvalue weighted by Gasteiger charge is -1.99. The Kier molecular flexibility index (Phi) is 4.51. The minimum atomic E-state index is 1.08. The van der Waals surface area contributed by atoms with Gasteiger partial charge >= 0.3 is 0 Å². The Balaban J connectivity index is 1.58. The van der Waals surface area contributed by atoms with E-state index in [1.54, 1.807) is 11.3 Å². The second kappa shape index (κ2) is 6.73. The summed E-state index contributed by atoms with van der Waals surface area (Å²) in [5.74, 6) is 1.08. The molecule has 3 rings (SSSR count). The smallest absolute Gasteiger partial charge is 0.150 e. The first-order chi connectivity index (χ1) is 9.92. The molecule has 0 radical (unpaired) electrons. The zero-order valence-corrected chi connectivity index (χ0v) is 12.7. The molecular formula is C17H15NS2. The van der Waals surface area contributed by atoms with Crippen LogP contribution in [0.15, 0.2) is 70.4 Å². The van der Waals surface area contributed by atoms with Crippen molar-refractivity contribution >= 4 is 23.1 Å². The molecular weight excluding hydrogens is 282 g/mol. The molecule has 1 heterocycles. The minimum absolute atomic E-state index is 1.08. The summed E-state index contributed by atoms with van der Waals surface area (Å²) in [6.45, 7) is 0. The Hall–Kier alpha value is -1.58. The van der Waals surface area contributed by atoms with E-state index < -0.39 is 0 Å². The van der Waals surface area contributed by atoms with Crippen LogP contribution in [0.5, 0.6) is 0 Å². The number of hydrogen-bond acceptors (Lipinski definition) is 3. The highest BCUT2D eigenvalue weighted by Gasteiger charge is 2.04. The predicted molar refractivity (Wildman–Crippen MR) is 88.4 cm³/mol. The summed E-state index contributed by atoms with van der Waals surface area (Å²) >= 11 is 3.57. The van der Waals surface area contributed by atoms with Crippen molar-refractivity contribution in [2.24, 2.45) is 0 Å². The zero-order valence-electron chi connectivity index (χ0n) is 11.0. The van der Waals surface area contributed by atoms with Crippen LogP contribution >= 0.6 is 23.1 Å². The van der Waals surface area contributed by atoms with E-state index in [1.807, 2.05) is 17.8 Å². The quantitative estimate of drug-likeness (QED) is 0.604. The minimum Gasteiger partial charge on any atom is -0.230 e. The van der Waals surface area contributed by atoms with E-state index >= 15 is 0 Å². The van der Waals surface area contributed by atoms with Crippen LogP contribution in [0, 0.1) is 0 Å². The molecule has 3 heteroatoms. The molecule has 0 atom stereocenters. The molecule has 1 nitrogen and oxygen atoms in total. The summed E-state index contributed by atoms with van der Waals surface area (Å²) in [6.07, 6.45) is 1.09. The van der Waals surface area contributed by atoms with Gasteiger partial charge in [0.1, 0.15) is 0 Å². The Morgan fingerprint density at radius 2 is 1.60 bits per heavy atom. The third kappa shape index (κ3) is 3.50. The molecule has 100 valence electrons. The molecule has 0 aliphatic heterocycles. The average molecular weight is 297 g/mol. The van der Waals surface area contributed by atoms with Crippen LogP contribution in [0.2, 0.25) is 0 Å². The van der Waals surface area contributed by atoms with E-state index in [9.17, 15) is 0 Å². The monoisotopic (exact) mass is 297 g/mol. The summed E-state index contributed by atoms with van der Waals surface area (Å²) < 4.78 is 1.15. The first-order valence-corrected chi connectivity index (χ1v) is 8.46. The van der Waals surface area contributed by atoms with Gasteiger partial charge in [-0.1, -0.05) is 72.4 Å². The van der Waals surface area contributed by atoms with Crippen molar-refractivity contribution in [3.63, 3.8) is 0 Å². The van der Waals surface area contributed by atoms with E-state index in [4.69, 9.17) is 4.98 Å². The molecule has 0 aliphatic rings. The first-order valence-electron chi connectivity index (χ1n) is 6.59. The fraction of sp³-hybridized carbons (Fsp3) is 0.118. The van der Waals surface area contributed by atoms with E-state index in [2.05, 4.69) is 60.0 Å². The molecule has 1 aromatic heterocycles. The van der Waals surface area contributed by atoms with Gasteiger partial charge in [-0.25, -0.2) is 4.98 Å². The third-order valence-electron chi connectivity index (χ3n) is 3.01. The molecule has 3 aromatic rings. The van der Waals surface area contributed by atoms with Crippen molar-refractivity contribution in [1.29, 1.82) is 0 Å². The molecule has 0 unspecified atom stereocenters. The summed E-state index contributed by atoms with van der Waals surface area (Å²) in [6, 6.07) is 21.0. The Morgan fingerprint density at radius 1 is 0.900 bits per heavy atom. The van der Waals surface area contributed by atoms with Crippen molar-refractivity contribution in [3.05, 3.63) is 71.6 Å². The summed E-state index contributed by atoms with van der Waals surface area (Å²) in [7, 11) is 0. The molecule has 20 heavy (non-hydrogen) atoms. The zero-order chi connectivity index (χ0) is 13.6. The topological polar surface area (TPSA) is 12.9 Å². The largest absolute Gasteiger partial charge is 0.230 e. The van der Waals surface area contributed by atoms with Gasteiger partial charge in [-0.2, -0.15) is 0 Å². The van der Waals surface area contributed by atoms with E-state index in [1.165, 1.54) is 11.1 Å². The first kappa shape index (κ1) is 13.4. The Bertz CT molecular complexity index is 647. The normalized spacial score (nSPS) is 10.6. The molecule has 0 saturated heterocycles. The van der Waals surface area contributed by atoms with Gasteiger partial charge in [-0.05, 0) is 12.0 Å². The van der Waals surface area contributed by atoms with Gasteiger partial charge in [-0.3, -0.25) is 0 Å². The predicted octanol–water partition coefficient (Wildman–Crippen LogP) is 5.14. The van der Waals surface area contributed by atoms with E-state index in [0.717, 1.165) is 22.2 Å². The maximum atomic E-state index is 4.69. The van der Waals surface area contributed by atoms with E-state index in [0.29, 0.717) is 0 Å². The lowest BCUT2D eigenvalue weighted by atomic mass is 10.2. The van der Waals surface area contributed by atoms with Crippen LogP contribution in [0.4, 0.5) is 0 Å². The second-order valence-electron chi connectivity index (χ2n) is 4.45. The summed E-state index contributed by atoms with van der Waals surface area (Å²) in [5.41, 5.74) is 3.66. The highest BCUT2D eigenvalue weighted by Crippen LogP contribution is 2.28. The number of aromatic nitrogens is 1. The van der Waals surface area contributed by atoms with Gasteiger partial charge in [-0.15, -0.1) is 11.3 Å². The number of rotatable bonds is 5. The fourth-order valence-corrected chi connectivity index (χ4v) is 3.86. The summed E-state index contributed by atoms with van der Waals surface area (Å²) in [5, 5.41) is 2.14. The standard InChI is InChI=1S/C17H15NS2/c1-3-7-14(8-4-1)11-12-19-17-18-16(13-20-17)15-9-5-2-6-10-15/h1-10,13H,11-12H2. The van der Waals surface area contributed by atoms with Crippen molar-refractivity contribution in [2.75, 3.05) is 5.75 Å². The average Bonchev–Trinajstić information content (AvgIpc) is 2.98. The van der Waals surface area contributed by atoms with Gasteiger partial charge < -0.3 is 0 Å². The van der Waals surface area contributed by atoms with Crippen molar-refractivity contribution in [2.45, 2.75) is 10.8 Å². The lowest BCUT2D eigenvalue weighted by molar-refractivity contribution is 1.15. The van der Waals surface area contributed by atoms with Crippen LogP contribution in [0.3, 0.4) is 0 Å². The Labute approximate surface area is 127 Å². The van der Waals surface area contributed by atoms with Gasteiger partial charge in [0.05, 0.1) is 5.69 Å². The third-order valence-corrected chi connectivity index (χ3v) is 5.03. The van der Waals surface area contributed by atoms with Crippen molar-refractivity contribution in [1.82, 2.24) is 4.98 Å². The highest BCUT2D eigenvalue weighted by atomic mass is 32.2. The maximum Gasteiger partial charge on any atom is 0.150 e. The molecule has 0 spiro atoms. The van der Waals surface area contributed by atoms with Crippen LogP contribution in [0.25, 0.3) is 11.3 Å². The molecule has 0 amide bonds. The number of aryl methyl sites for hydroxylation is 1. The van der Waals surface area contributed by atoms with Crippen LogP contribution in [0.1, 0.15) is 5.56 Å². The Morgan fingerprint density at radius 3 is 2.35 bits per heavy atom. The van der Waals surface area contributed by atoms with Gasteiger partial charge in [0.2, 0.25) is 0 Å². The molecule has 0 aliphatic carbocycles. The number of nitrogens with zero attached hydrogens (tertiary/aromatic N) is 1. The van der Waals surface area contributed by atoms with Gasteiger partial charge in [0.15, 0.2) is 4.34 Å². The molecule has 0 bridgehead atoms. The fourth-order valence-electron chi connectivity index (χ4n) is 1.97. The molecule has 0 fully saturated rings. The maximum absolute atomic E-state index is 4.69. The van der Waals surface area contributed by atoms with Crippen LogP contribution in [-0.2, 0) is 6.42 Å². The number of hydrogen-bond donors (Lipinski definition) is 0. The lowest BCUT2D eigenvalue weighted by Crippen LogP contribution is -1.87. The van der Waals surface area contributed by atoms with E-state index in [-0.39, 0.29) is 0 Å². The SMILES string of the molecule is c1ccc(CCSc2nc(-c3ccccc3)cs2)cc1. The molecule has 0 saturated carbocycles. The van der Waals surface area contributed by atoms with Crippen LogP contribution < -0.4 is 0 Å². The second-order valence-corrected chi connectivity index (χ2v) is 6.65. The van der Waals surface area contributed by atoms with Crippen LogP contribution in [-0.4, -0.2) is 10.7 Å². The van der Waals surface area contributed by atoms with Gasteiger partial charge in [0.25, 0.3) is 0 Å². The number of thioether (sulfide) groups is 1. The molecule has 0 N–H and O–H groups in total. The number of benzene rings is 2. The summed E-state index contributed by atoms with van der Waals surface area (Å²) in [4.78, 5) is 4.69. The number of thiazole rings is 1.